The molecule has 14 heavy (non-hydrogen) atoms. The molecule has 0 radical (unpaired) electrons. The summed E-state index contributed by atoms with van der Waals surface area (Å²) in [5.41, 5.74) is 4.91. The van der Waals surface area contributed by atoms with E-state index in [1.165, 1.54) is 0 Å². The molecule has 0 rings (SSSR count). The van der Waals surface area contributed by atoms with E-state index in [9.17, 15) is 9.90 Å². The Labute approximate surface area is 85.2 Å². The normalized spacial score (nSPS) is 15.8. The van der Waals surface area contributed by atoms with Crippen LogP contribution in [0.5, 0.6) is 0 Å². The van der Waals surface area contributed by atoms with Crippen molar-refractivity contribution in [1.29, 1.82) is 0 Å². The van der Waals surface area contributed by atoms with Gasteiger partial charge in [0.2, 0.25) is 5.91 Å². The summed E-state index contributed by atoms with van der Waals surface area (Å²) in [6.45, 7) is 8.62. The van der Waals surface area contributed by atoms with Gasteiger partial charge in [0, 0.05) is 0 Å². The van der Waals surface area contributed by atoms with Gasteiger partial charge in [0.15, 0.2) is 0 Å². The van der Waals surface area contributed by atoms with Crippen LogP contribution in [-0.4, -0.2) is 28.7 Å². The van der Waals surface area contributed by atoms with Gasteiger partial charge in [-0.3, -0.25) is 4.79 Å². The molecule has 4 N–H and O–H groups in total. The summed E-state index contributed by atoms with van der Waals surface area (Å²) in [6.07, 6.45) is 1.41. The van der Waals surface area contributed by atoms with Crippen LogP contribution in [0, 0.1) is 0 Å². The van der Waals surface area contributed by atoms with E-state index >= 15 is 0 Å². The fraction of sp³-hybridized carbons (Fsp3) is 0.700. The molecule has 4 nitrogen and oxygen atoms in total. The second kappa shape index (κ2) is 5.12. The average Bonchev–Trinajstić information content (AvgIpc) is 2.03. The van der Waals surface area contributed by atoms with Crippen molar-refractivity contribution in [3.8, 4) is 0 Å². The molecule has 1 amide bonds. The van der Waals surface area contributed by atoms with E-state index in [-0.39, 0.29) is 5.91 Å². The summed E-state index contributed by atoms with van der Waals surface area (Å²) >= 11 is 0. The van der Waals surface area contributed by atoms with Crippen LogP contribution in [0.3, 0.4) is 0 Å². The van der Waals surface area contributed by atoms with Crippen molar-refractivity contribution in [3.63, 3.8) is 0 Å². The third-order valence-electron chi connectivity index (χ3n) is 2.25. The number of carbonyl (C=O) groups is 1. The molecule has 0 aromatic heterocycles. The Hall–Kier alpha value is -0.870. The van der Waals surface area contributed by atoms with Crippen molar-refractivity contribution >= 4 is 5.91 Å². The number of rotatable bonds is 5. The van der Waals surface area contributed by atoms with Gasteiger partial charge in [0.1, 0.15) is 0 Å². The first-order valence-electron chi connectivity index (χ1n) is 4.68. The van der Waals surface area contributed by atoms with E-state index in [4.69, 9.17) is 5.73 Å². The minimum atomic E-state index is -0.657. The maximum absolute atomic E-state index is 11.5. The highest BCUT2D eigenvalue weighted by Gasteiger charge is 2.27. The Morgan fingerprint density at radius 3 is 2.57 bits per heavy atom. The third kappa shape index (κ3) is 3.89. The lowest BCUT2D eigenvalue weighted by Gasteiger charge is -2.30. The van der Waals surface area contributed by atoms with Crippen molar-refractivity contribution in [2.24, 2.45) is 5.73 Å². The zero-order valence-electron chi connectivity index (χ0n) is 9.08. The van der Waals surface area contributed by atoms with Crippen LogP contribution in [-0.2, 0) is 4.79 Å². The quantitative estimate of drug-likeness (QED) is 0.554. The van der Waals surface area contributed by atoms with Crippen molar-refractivity contribution in [2.75, 3.05) is 0 Å². The predicted octanol–water partition coefficient (Wildman–Crippen LogP) is 0.165. The Morgan fingerprint density at radius 2 is 2.21 bits per heavy atom. The molecular formula is C10H20N2O2. The largest absolute Gasteiger partial charge is 0.391 e. The highest BCUT2D eigenvalue weighted by atomic mass is 16.3. The second-order valence-electron chi connectivity index (χ2n) is 4.02. The van der Waals surface area contributed by atoms with Gasteiger partial charge in [-0.15, -0.1) is 6.58 Å². The zero-order valence-corrected chi connectivity index (χ0v) is 9.08. The Balaban J connectivity index is 4.24. The standard InChI is InChI=1S/C10H20N2O2/c1-5-6-8(11)9(14)12-10(3,4)7(2)13/h5,7-8,13H,1,6,11H2,2-4H3,(H,12,14). The molecule has 0 saturated carbocycles. The lowest BCUT2D eigenvalue weighted by Crippen LogP contribution is -2.55. The van der Waals surface area contributed by atoms with Gasteiger partial charge < -0.3 is 16.2 Å². The van der Waals surface area contributed by atoms with Crippen molar-refractivity contribution in [2.45, 2.75) is 44.9 Å². The molecule has 2 unspecified atom stereocenters. The molecule has 0 heterocycles. The monoisotopic (exact) mass is 200 g/mol. The third-order valence-corrected chi connectivity index (χ3v) is 2.25. The predicted molar refractivity (Wildman–Crippen MR) is 56.7 cm³/mol. The number of hydrogen-bond acceptors (Lipinski definition) is 3. The first-order chi connectivity index (χ1) is 6.31. The van der Waals surface area contributed by atoms with Crippen LogP contribution >= 0.6 is 0 Å². The molecule has 0 aliphatic heterocycles. The Bertz CT molecular complexity index is 212. The van der Waals surface area contributed by atoms with Crippen molar-refractivity contribution in [3.05, 3.63) is 12.7 Å². The minimum absolute atomic E-state index is 0.268. The van der Waals surface area contributed by atoms with Gasteiger partial charge in [0.25, 0.3) is 0 Å². The molecule has 0 spiro atoms. The molecule has 4 heteroatoms. The lowest BCUT2D eigenvalue weighted by molar-refractivity contribution is -0.125. The van der Waals surface area contributed by atoms with Crippen LogP contribution in [0.2, 0.25) is 0 Å². The van der Waals surface area contributed by atoms with E-state index < -0.39 is 17.7 Å². The van der Waals surface area contributed by atoms with Gasteiger partial charge >= 0.3 is 0 Å². The van der Waals surface area contributed by atoms with Crippen molar-refractivity contribution in [1.82, 2.24) is 5.32 Å². The fourth-order valence-corrected chi connectivity index (χ4v) is 0.801. The minimum Gasteiger partial charge on any atom is -0.391 e. The molecule has 2 atom stereocenters. The highest BCUT2D eigenvalue weighted by Crippen LogP contribution is 2.08. The maximum Gasteiger partial charge on any atom is 0.237 e. The topological polar surface area (TPSA) is 75.4 Å². The molecular weight excluding hydrogens is 180 g/mol. The number of aliphatic hydroxyl groups excluding tert-OH is 1. The molecule has 0 aliphatic rings. The molecule has 82 valence electrons. The maximum atomic E-state index is 11.5. The van der Waals surface area contributed by atoms with E-state index in [1.807, 2.05) is 0 Å². The first-order valence-corrected chi connectivity index (χ1v) is 4.68. The Morgan fingerprint density at radius 1 is 1.71 bits per heavy atom. The van der Waals surface area contributed by atoms with Gasteiger partial charge in [-0.25, -0.2) is 0 Å². The van der Waals surface area contributed by atoms with Gasteiger partial charge in [0.05, 0.1) is 17.7 Å². The van der Waals surface area contributed by atoms with E-state index in [0.717, 1.165) is 0 Å². The van der Waals surface area contributed by atoms with E-state index in [2.05, 4.69) is 11.9 Å². The van der Waals surface area contributed by atoms with Gasteiger partial charge in [-0.1, -0.05) is 6.08 Å². The lowest BCUT2D eigenvalue weighted by atomic mass is 9.98. The number of nitrogens with two attached hydrogens (primary N) is 1. The highest BCUT2D eigenvalue weighted by molar-refractivity contribution is 5.82. The van der Waals surface area contributed by atoms with Gasteiger partial charge in [-0.05, 0) is 27.2 Å². The molecule has 0 fully saturated rings. The summed E-state index contributed by atoms with van der Waals surface area (Å²) in [5, 5.41) is 12.0. The van der Waals surface area contributed by atoms with Crippen LogP contribution in [0.4, 0.5) is 0 Å². The number of amides is 1. The van der Waals surface area contributed by atoms with Gasteiger partial charge in [-0.2, -0.15) is 0 Å². The molecule has 0 aromatic carbocycles. The second-order valence-corrected chi connectivity index (χ2v) is 4.02. The van der Waals surface area contributed by atoms with Crippen LogP contribution in [0.15, 0.2) is 12.7 Å². The summed E-state index contributed by atoms with van der Waals surface area (Å²) < 4.78 is 0. The summed E-state index contributed by atoms with van der Waals surface area (Å²) in [4.78, 5) is 11.5. The van der Waals surface area contributed by atoms with E-state index in [1.54, 1.807) is 26.8 Å². The van der Waals surface area contributed by atoms with Crippen LogP contribution < -0.4 is 11.1 Å². The molecule has 0 saturated heterocycles. The summed E-state index contributed by atoms with van der Waals surface area (Å²) in [5.74, 6) is -0.268. The number of aliphatic hydroxyl groups is 1. The van der Waals surface area contributed by atoms with Crippen LogP contribution in [0.1, 0.15) is 27.2 Å². The smallest absolute Gasteiger partial charge is 0.237 e. The summed E-state index contributed by atoms with van der Waals surface area (Å²) in [6, 6.07) is -0.592. The molecule has 0 aliphatic carbocycles. The number of nitrogens with one attached hydrogen (secondary N) is 1. The average molecular weight is 200 g/mol. The molecule has 0 bridgehead atoms. The Kier molecular flexibility index (Phi) is 4.80. The zero-order chi connectivity index (χ0) is 11.4. The van der Waals surface area contributed by atoms with Crippen LogP contribution in [0.25, 0.3) is 0 Å². The first kappa shape index (κ1) is 13.1. The molecule has 0 aromatic rings. The fourth-order valence-electron chi connectivity index (χ4n) is 0.801. The summed E-state index contributed by atoms with van der Waals surface area (Å²) in [7, 11) is 0. The SMILES string of the molecule is C=CCC(N)C(=O)NC(C)(C)C(C)O. The van der Waals surface area contributed by atoms with E-state index in [0.29, 0.717) is 6.42 Å². The van der Waals surface area contributed by atoms with Crippen molar-refractivity contribution < 1.29 is 9.90 Å². The number of carbonyl (C=O) groups excluding carboxylic acids is 1. The number of hydrogen-bond donors (Lipinski definition) is 3.